The number of ether oxygens (including phenoxy) is 1. The van der Waals surface area contributed by atoms with Crippen molar-refractivity contribution >= 4 is 11.1 Å². The maximum Gasteiger partial charge on any atom is 0.416 e. The van der Waals surface area contributed by atoms with Gasteiger partial charge < -0.3 is 8.92 Å². The molecule has 4 aromatic rings. The summed E-state index contributed by atoms with van der Waals surface area (Å²) in [6.45, 7) is 2.29. The predicted molar refractivity (Wildman–Crippen MR) is 133 cm³/mol. The number of hydrogen-bond donors (Lipinski definition) is 0. The molecule has 41 heavy (non-hydrogen) atoms. The van der Waals surface area contributed by atoms with Crippen LogP contribution in [0.3, 0.4) is 0 Å². The van der Waals surface area contributed by atoms with E-state index in [2.05, 4.69) is 9.17 Å². The summed E-state index contributed by atoms with van der Waals surface area (Å²) in [5, 5.41) is 0. The number of aromatic nitrogens is 1. The predicted octanol–water partition coefficient (Wildman–Crippen LogP) is 7.88. The van der Waals surface area contributed by atoms with Gasteiger partial charge in [-0.3, -0.25) is 4.98 Å². The highest BCUT2D eigenvalue weighted by Crippen LogP contribution is 2.33. The first-order chi connectivity index (χ1) is 19.4. The van der Waals surface area contributed by atoms with E-state index in [1.54, 1.807) is 30.5 Å². The van der Waals surface area contributed by atoms with E-state index in [9.17, 15) is 39.3 Å². The van der Waals surface area contributed by atoms with Gasteiger partial charge >= 0.3 is 6.18 Å². The maximum absolute atomic E-state index is 13.5. The van der Waals surface area contributed by atoms with Crippen molar-refractivity contribution in [2.75, 3.05) is 6.61 Å². The summed E-state index contributed by atoms with van der Waals surface area (Å²) < 4.78 is 126. The molecule has 1 aliphatic heterocycles. The highest BCUT2D eigenvalue weighted by molar-refractivity contribution is 7.80. The molecule has 1 aliphatic rings. The molecular weight excluding hydrogens is 582 g/mol. The van der Waals surface area contributed by atoms with Crippen molar-refractivity contribution in [1.29, 1.82) is 0 Å². The molecule has 2 heterocycles. The van der Waals surface area contributed by atoms with Gasteiger partial charge in [0.1, 0.15) is 5.75 Å². The molecule has 0 spiro atoms. The Morgan fingerprint density at radius 3 is 2.17 bits per heavy atom. The molecule has 5 rings (SSSR count). The lowest BCUT2D eigenvalue weighted by atomic mass is 10.0. The van der Waals surface area contributed by atoms with Gasteiger partial charge in [-0.2, -0.15) is 22.0 Å². The van der Waals surface area contributed by atoms with Crippen LogP contribution in [0.5, 0.6) is 11.5 Å². The average molecular weight is 602 g/mol. The smallest absolute Gasteiger partial charge is 0.416 e. The second-order valence-electron chi connectivity index (χ2n) is 8.71. The average Bonchev–Trinajstić information content (AvgIpc) is 2.97. The zero-order chi connectivity index (χ0) is 29.9. The SMILES string of the molecule is Cc1ccc(-c2cccc(C(F)(F)F)c2)cn1.O=S(Oc1c(F)c(F)c(F)c(F)c1F)c1ccc2c(c1)OCCC2. The van der Waals surface area contributed by atoms with Crippen LogP contribution >= 0.6 is 0 Å². The summed E-state index contributed by atoms with van der Waals surface area (Å²) in [4.78, 5) is 4.04. The van der Waals surface area contributed by atoms with Crippen molar-refractivity contribution in [3.8, 4) is 22.6 Å². The molecule has 216 valence electrons. The third kappa shape index (κ3) is 6.84. The molecule has 0 saturated heterocycles. The largest absolute Gasteiger partial charge is 0.493 e. The van der Waals surface area contributed by atoms with Crippen molar-refractivity contribution in [2.45, 2.75) is 30.8 Å². The highest BCUT2D eigenvalue weighted by atomic mass is 32.2. The molecule has 0 N–H and O–H groups in total. The normalized spacial score (nSPS) is 13.4. The van der Waals surface area contributed by atoms with Crippen molar-refractivity contribution < 1.29 is 48.3 Å². The minimum atomic E-state index is -4.31. The quantitative estimate of drug-likeness (QED) is 0.136. The van der Waals surface area contributed by atoms with Crippen LogP contribution < -0.4 is 8.92 Å². The number of rotatable bonds is 4. The molecule has 1 unspecified atom stereocenters. The van der Waals surface area contributed by atoms with Gasteiger partial charge in [-0.05, 0) is 61.2 Å². The van der Waals surface area contributed by atoms with Gasteiger partial charge in [-0.15, -0.1) is 0 Å². The minimum absolute atomic E-state index is 0.0282. The fraction of sp³-hybridized carbons (Fsp3) is 0.179. The fourth-order valence-corrected chi connectivity index (χ4v) is 4.50. The third-order valence-electron chi connectivity index (χ3n) is 5.84. The van der Waals surface area contributed by atoms with Crippen LogP contribution in [0.1, 0.15) is 23.2 Å². The Balaban J connectivity index is 0.000000201. The van der Waals surface area contributed by atoms with Crippen molar-refractivity contribution in [3.63, 3.8) is 0 Å². The number of hydrogen-bond acceptors (Lipinski definition) is 4. The van der Waals surface area contributed by atoms with Crippen LogP contribution in [-0.4, -0.2) is 15.8 Å². The van der Waals surface area contributed by atoms with Crippen LogP contribution in [0.15, 0.2) is 65.7 Å². The summed E-state index contributed by atoms with van der Waals surface area (Å²) >= 11 is -2.49. The topological polar surface area (TPSA) is 48.4 Å². The summed E-state index contributed by atoms with van der Waals surface area (Å²) in [5.74, 6) is -12.2. The van der Waals surface area contributed by atoms with E-state index in [0.29, 0.717) is 23.5 Å². The first-order valence-corrected chi connectivity index (χ1v) is 12.9. The van der Waals surface area contributed by atoms with E-state index in [-0.39, 0.29) is 4.90 Å². The van der Waals surface area contributed by atoms with Crippen molar-refractivity contribution in [3.05, 3.63) is 107 Å². The monoisotopic (exact) mass is 601 g/mol. The first-order valence-electron chi connectivity index (χ1n) is 11.8. The summed E-state index contributed by atoms with van der Waals surface area (Å²) in [6, 6.07) is 13.1. The maximum atomic E-state index is 13.5. The summed E-state index contributed by atoms with van der Waals surface area (Å²) in [7, 11) is 0. The number of halogens is 8. The Kier molecular flexibility index (Phi) is 8.95. The highest BCUT2D eigenvalue weighted by Gasteiger charge is 2.31. The molecule has 1 atom stereocenters. The fourth-order valence-electron chi connectivity index (χ4n) is 3.72. The number of nitrogens with zero attached hydrogens (tertiary/aromatic N) is 1. The molecule has 0 bridgehead atoms. The summed E-state index contributed by atoms with van der Waals surface area (Å²) in [6.07, 6.45) is -1.17. The van der Waals surface area contributed by atoms with Gasteiger partial charge in [0, 0.05) is 17.5 Å². The van der Waals surface area contributed by atoms with Crippen molar-refractivity contribution in [1.82, 2.24) is 4.98 Å². The minimum Gasteiger partial charge on any atom is -0.493 e. The van der Waals surface area contributed by atoms with Gasteiger partial charge in [0.15, 0.2) is 0 Å². The summed E-state index contributed by atoms with van der Waals surface area (Å²) in [5.41, 5.74) is 2.25. The Morgan fingerprint density at radius 1 is 0.854 bits per heavy atom. The van der Waals surface area contributed by atoms with E-state index in [1.807, 2.05) is 6.92 Å². The van der Waals surface area contributed by atoms with Crippen LogP contribution in [0, 0.1) is 36.0 Å². The van der Waals surface area contributed by atoms with Gasteiger partial charge in [-0.1, -0.05) is 24.3 Å². The molecule has 0 radical (unpaired) electrons. The molecule has 4 nitrogen and oxygen atoms in total. The molecule has 3 aromatic carbocycles. The number of pyridine rings is 1. The van der Waals surface area contributed by atoms with Gasteiger partial charge in [0.25, 0.3) is 0 Å². The molecule has 0 amide bonds. The molecular formula is C28H19F8NO3S. The van der Waals surface area contributed by atoms with Gasteiger partial charge in [-0.25, -0.2) is 17.4 Å². The van der Waals surface area contributed by atoms with E-state index < -0.39 is 57.7 Å². The van der Waals surface area contributed by atoms with E-state index in [0.717, 1.165) is 36.2 Å². The number of alkyl halides is 3. The first kappa shape index (κ1) is 30.0. The Hall–Kier alpha value is -4.00. The lowest BCUT2D eigenvalue weighted by Gasteiger charge is -2.17. The number of fused-ring (bicyclic) bond motifs is 1. The van der Waals surface area contributed by atoms with Crippen LogP contribution in [0.2, 0.25) is 0 Å². The second-order valence-corrected chi connectivity index (χ2v) is 9.81. The van der Waals surface area contributed by atoms with Crippen molar-refractivity contribution in [2.24, 2.45) is 0 Å². The van der Waals surface area contributed by atoms with Crippen LogP contribution in [-0.2, 0) is 23.7 Å². The lowest BCUT2D eigenvalue weighted by molar-refractivity contribution is -0.137. The zero-order valence-corrected chi connectivity index (χ0v) is 21.8. The number of aryl methyl sites for hydroxylation is 2. The zero-order valence-electron chi connectivity index (χ0n) is 21.0. The van der Waals surface area contributed by atoms with Crippen LogP contribution in [0.4, 0.5) is 35.1 Å². The molecule has 0 saturated carbocycles. The van der Waals surface area contributed by atoms with E-state index in [1.165, 1.54) is 18.2 Å². The standard InChI is InChI=1S/C15H9F5O3S.C13H10F3N/c16-10-11(17)13(19)15(14(20)12(10)18)23-24(21)8-4-3-7-2-1-5-22-9(7)6-8;1-9-5-6-11(8-17-9)10-3-2-4-12(7-10)13(14,15)16/h3-4,6H,1-2,5H2;2-8H,1H3. The van der Waals surface area contributed by atoms with E-state index in [4.69, 9.17) is 4.74 Å². The third-order valence-corrected chi connectivity index (χ3v) is 6.80. The van der Waals surface area contributed by atoms with Gasteiger partial charge in [0.05, 0.1) is 17.1 Å². The molecule has 0 fully saturated rings. The van der Waals surface area contributed by atoms with Crippen LogP contribution in [0.25, 0.3) is 11.1 Å². The number of benzene rings is 3. The Morgan fingerprint density at radius 2 is 1.54 bits per heavy atom. The Labute approximate surface area is 231 Å². The Bertz CT molecular complexity index is 1560. The lowest BCUT2D eigenvalue weighted by Crippen LogP contribution is -2.11. The van der Waals surface area contributed by atoms with Gasteiger partial charge in [0.2, 0.25) is 45.9 Å². The molecule has 0 aliphatic carbocycles. The molecule has 13 heteroatoms. The second kappa shape index (κ2) is 12.2. The molecule has 1 aromatic heterocycles. The van der Waals surface area contributed by atoms with E-state index >= 15 is 0 Å².